The maximum absolute atomic E-state index is 12.5. The number of hydrogen-bond donors (Lipinski definition) is 2. The molecule has 0 aliphatic rings. The highest BCUT2D eigenvalue weighted by atomic mass is 28.4. The molecule has 0 radical (unpaired) electrons. The zero-order valence-electron chi connectivity index (χ0n) is 18.1. The molecule has 0 aliphatic heterocycles. The quantitative estimate of drug-likeness (QED) is 0.637. The molecule has 0 aromatic heterocycles. The van der Waals surface area contributed by atoms with Gasteiger partial charge in [-0.1, -0.05) is 53.7 Å². The summed E-state index contributed by atoms with van der Waals surface area (Å²) in [7, 11) is -1.79. The van der Waals surface area contributed by atoms with Crippen molar-refractivity contribution in [3.8, 4) is 0 Å². The number of amides is 2. The molecule has 1 aromatic rings. The van der Waals surface area contributed by atoms with Crippen LogP contribution in [0.2, 0.25) is 18.1 Å². The molecule has 152 valence electrons. The molecule has 5 nitrogen and oxygen atoms in total. The number of anilines is 1. The second kappa shape index (κ2) is 9.02. The van der Waals surface area contributed by atoms with Crippen LogP contribution in [0.4, 0.5) is 5.69 Å². The number of rotatable bonds is 8. The van der Waals surface area contributed by atoms with Gasteiger partial charge in [-0.25, -0.2) is 0 Å². The largest absolute Gasteiger partial charge is 0.413 e. The van der Waals surface area contributed by atoms with E-state index in [1.54, 1.807) is 6.92 Å². The Bertz CT molecular complexity index is 648. The van der Waals surface area contributed by atoms with E-state index in [2.05, 4.69) is 39.2 Å². The molecule has 0 saturated heterocycles. The van der Waals surface area contributed by atoms with Crippen molar-refractivity contribution in [2.75, 3.05) is 5.32 Å². The summed E-state index contributed by atoms with van der Waals surface area (Å²) in [6, 6.07) is 7.65. The average molecular weight is 393 g/mol. The van der Waals surface area contributed by atoms with E-state index in [1.165, 1.54) is 0 Å². The van der Waals surface area contributed by atoms with Gasteiger partial charge in [-0.2, -0.15) is 0 Å². The summed E-state index contributed by atoms with van der Waals surface area (Å²) in [6.07, 6.45) is 0. The van der Waals surface area contributed by atoms with Gasteiger partial charge in [0.25, 0.3) is 0 Å². The Kier molecular flexibility index (Phi) is 7.81. The van der Waals surface area contributed by atoms with Crippen LogP contribution < -0.4 is 11.1 Å². The molecule has 1 rings (SSSR count). The third kappa shape index (κ3) is 6.47. The molecule has 6 heteroatoms. The van der Waals surface area contributed by atoms with Crippen LogP contribution in [0.1, 0.15) is 47.1 Å². The summed E-state index contributed by atoms with van der Waals surface area (Å²) < 4.78 is 6.22. The second-order valence-corrected chi connectivity index (χ2v) is 14.0. The van der Waals surface area contributed by atoms with Gasteiger partial charge >= 0.3 is 0 Å². The molecule has 0 heterocycles. The lowest BCUT2D eigenvalue weighted by Gasteiger charge is -2.36. The van der Waals surface area contributed by atoms with Crippen LogP contribution >= 0.6 is 0 Å². The molecule has 0 fully saturated rings. The Morgan fingerprint density at radius 2 is 1.63 bits per heavy atom. The number of primary amides is 1. The van der Waals surface area contributed by atoms with E-state index in [0.717, 1.165) is 5.56 Å². The molecule has 1 aromatic carbocycles. The molecular formula is C21H36N2O3Si. The minimum absolute atomic E-state index is 0.0121. The summed E-state index contributed by atoms with van der Waals surface area (Å²) in [6.45, 7) is 17.2. The molecular weight excluding hydrogens is 356 g/mol. The third-order valence-electron chi connectivity index (χ3n) is 5.63. The number of carbonyl (C=O) groups is 2. The Balaban J connectivity index is 2.72. The Hall–Kier alpha value is -1.66. The molecule has 1 unspecified atom stereocenters. The molecule has 2 amide bonds. The van der Waals surface area contributed by atoms with Crippen LogP contribution in [0.3, 0.4) is 0 Å². The predicted octanol–water partition coefficient (Wildman–Crippen LogP) is 4.54. The van der Waals surface area contributed by atoms with E-state index in [0.29, 0.717) is 12.3 Å². The van der Waals surface area contributed by atoms with Crippen LogP contribution in [0.5, 0.6) is 0 Å². The fourth-order valence-electron chi connectivity index (χ4n) is 2.74. The second-order valence-electron chi connectivity index (χ2n) is 9.20. The van der Waals surface area contributed by atoms with Crippen molar-refractivity contribution >= 4 is 25.8 Å². The van der Waals surface area contributed by atoms with Crippen molar-refractivity contribution in [2.45, 2.75) is 66.3 Å². The van der Waals surface area contributed by atoms with Crippen molar-refractivity contribution in [1.82, 2.24) is 0 Å². The fourth-order valence-corrected chi connectivity index (χ4v) is 3.70. The number of hydrogen-bond acceptors (Lipinski definition) is 3. The van der Waals surface area contributed by atoms with E-state index in [9.17, 15) is 9.59 Å². The van der Waals surface area contributed by atoms with Gasteiger partial charge in [0, 0.05) is 11.6 Å². The minimum atomic E-state index is -1.79. The summed E-state index contributed by atoms with van der Waals surface area (Å²) in [5.41, 5.74) is 7.23. The fraction of sp³-hybridized carbons (Fsp3) is 0.619. The van der Waals surface area contributed by atoms with Gasteiger partial charge in [-0.3, -0.25) is 9.59 Å². The SMILES string of the molecule is CC(C)C(C(N)=O)[C@H](C)C(=O)Nc1ccc(CO[Si](C)(C)C(C)(C)C)cc1. The Morgan fingerprint density at radius 3 is 2.04 bits per heavy atom. The Morgan fingerprint density at radius 1 is 1.11 bits per heavy atom. The van der Waals surface area contributed by atoms with E-state index in [4.69, 9.17) is 10.2 Å². The minimum Gasteiger partial charge on any atom is -0.413 e. The third-order valence-corrected chi connectivity index (χ3v) is 10.1. The lowest BCUT2D eigenvalue weighted by Crippen LogP contribution is -2.40. The van der Waals surface area contributed by atoms with Crippen molar-refractivity contribution in [2.24, 2.45) is 23.5 Å². The molecule has 2 atom stereocenters. The first-order valence-corrected chi connectivity index (χ1v) is 12.5. The monoisotopic (exact) mass is 392 g/mol. The first-order valence-electron chi connectivity index (χ1n) is 9.59. The van der Waals surface area contributed by atoms with E-state index in [1.807, 2.05) is 38.1 Å². The molecule has 0 saturated carbocycles. The first-order chi connectivity index (χ1) is 12.3. The van der Waals surface area contributed by atoms with Crippen LogP contribution in [-0.4, -0.2) is 20.1 Å². The standard InChI is InChI=1S/C21H36N2O3Si/c1-14(2)18(19(22)24)15(3)20(25)23-17-11-9-16(10-12-17)13-26-27(7,8)21(4,5)6/h9-12,14-15,18H,13H2,1-8H3,(H2,22,24)(H,23,25)/t15-,18?/m0/s1. The van der Waals surface area contributed by atoms with Crippen LogP contribution in [0, 0.1) is 17.8 Å². The molecule has 3 N–H and O–H groups in total. The highest BCUT2D eigenvalue weighted by molar-refractivity contribution is 6.74. The van der Waals surface area contributed by atoms with Gasteiger partial charge in [0.2, 0.25) is 11.8 Å². The Labute approximate surface area is 165 Å². The molecule has 0 bridgehead atoms. The summed E-state index contributed by atoms with van der Waals surface area (Å²) >= 11 is 0. The number of nitrogens with two attached hydrogens (primary N) is 1. The summed E-state index contributed by atoms with van der Waals surface area (Å²) in [5.74, 6) is -1.59. The van der Waals surface area contributed by atoms with E-state index >= 15 is 0 Å². The average Bonchev–Trinajstić information content (AvgIpc) is 2.52. The molecule has 0 aliphatic carbocycles. The molecule has 27 heavy (non-hydrogen) atoms. The molecule has 0 spiro atoms. The predicted molar refractivity (Wildman–Crippen MR) is 114 cm³/mol. The maximum atomic E-state index is 12.5. The lowest BCUT2D eigenvalue weighted by molar-refractivity contribution is -0.131. The van der Waals surface area contributed by atoms with Crippen molar-refractivity contribution in [3.05, 3.63) is 29.8 Å². The van der Waals surface area contributed by atoms with Gasteiger partial charge in [0.05, 0.1) is 12.5 Å². The van der Waals surface area contributed by atoms with Crippen LogP contribution in [0.15, 0.2) is 24.3 Å². The summed E-state index contributed by atoms with van der Waals surface area (Å²) in [4.78, 5) is 24.1. The normalized spacial score (nSPS) is 14.7. The lowest BCUT2D eigenvalue weighted by atomic mass is 9.83. The van der Waals surface area contributed by atoms with Crippen LogP contribution in [-0.2, 0) is 20.6 Å². The van der Waals surface area contributed by atoms with Gasteiger partial charge in [0.1, 0.15) is 0 Å². The van der Waals surface area contributed by atoms with Gasteiger partial charge in [-0.05, 0) is 41.7 Å². The van der Waals surface area contributed by atoms with Crippen molar-refractivity contribution < 1.29 is 14.0 Å². The number of benzene rings is 1. The first kappa shape index (κ1) is 23.4. The number of nitrogens with one attached hydrogen (secondary N) is 1. The highest BCUT2D eigenvalue weighted by Crippen LogP contribution is 2.37. The van der Waals surface area contributed by atoms with Gasteiger partial charge < -0.3 is 15.5 Å². The zero-order valence-corrected chi connectivity index (χ0v) is 19.1. The van der Waals surface area contributed by atoms with Crippen LogP contribution in [0.25, 0.3) is 0 Å². The zero-order chi connectivity index (χ0) is 21.0. The topological polar surface area (TPSA) is 81.4 Å². The van der Waals surface area contributed by atoms with Crippen molar-refractivity contribution in [1.29, 1.82) is 0 Å². The van der Waals surface area contributed by atoms with E-state index in [-0.39, 0.29) is 16.9 Å². The summed E-state index contributed by atoms with van der Waals surface area (Å²) in [5, 5.41) is 3.05. The van der Waals surface area contributed by atoms with Crippen molar-refractivity contribution in [3.63, 3.8) is 0 Å². The maximum Gasteiger partial charge on any atom is 0.228 e. The number of carbonyl (C=O) groups excluding carboxylic acids is 2. The highest BCUT2D eigenvalue weighted by Gasteiger charge is 2.37. The van der Waals surface area contributed by atoms with Gasteiger partial charge in [-0.15, -0.1) is 0 Å². The van der Waals surface area contributed by atoms with E-state index < -0.39 is 26.1 Å². The smallest absolute Gasteiger partial charge is 0.228 e. The van der Waals surface area contributed by atoms with Gasteiger partial charge in [0.15, 0.2) is 8.32 Å².